The molecule has 0 aromatic carbocycles. The molecule has 114 valence electrons. The summed E-state index contributed by atoms with van der Waals surface area (Å²) in [6, 6.07) is 8.93. The topological polar surface area (TPSA) is 78.1 Å². The molecule has 3 rings (SSSR count). The van der Waals surface area contributed by atoms with E-state index < -0.39 is 0 Å². The first-order valence-electron chi connectivity index (χ1n) is 7.38. The van der Waals surface area contributed by atoms with Gasteiger partial charge < -0.3 is 15.2 Å². The first kappa shape index (κ1) is 14.3. The standard InChI is InChI=1S/C16H18N4O2/c21-15-5-4-12(11-18-15)16(22)19-13-6-9-20(10-7-13)14-3-1-2-8-17-14/h1-5,8,11,13H,6-7,9-10H2,(H,18,21)(H,19,22). The van der Waals surface area contributed by atoms with Crippen molar-refractivity contribution in [1.82, 2.24) is 15.3 Å². The van der Waals surface area contributed by atoms with Gasteiger partial charge in [0.25, 0.3) is 5.91 Å². The van der Waals surface area contributed by atoms with Crippen LogP contribution in [0.1, 0.15) is 23.2 Å². The normalized spacial score (nSPS) is 15.5. The highest BCUT2D eigenvalue weighted by Gasteiger charge is 2.21. The molecule has 1 saturated heterocycles. The van der Waals surface area contributed by atoms with Crippen LogP contribution in [-0.4, -0.2) is 35.0 Å². The lowest BCUT2D eigenvalue weighted by Crippen LogP contribution is -2.45. The highest BCUT2D eigenvalue weighted by atomic mass is 16.2. The smallest absolute Gasteiger partial charge is 0.252 e. The number of aromatic nitrogens is 2. The summed E-state index contributed by atoms with van der Waals surface area (Å²) >= 11 is 0. The van der Waals surface area contributed by atoms with Gasteiger partial charge in [0.15, 0.2) is 0 Å². The lowest BCUT2D eigenvalue weighted by Gasteiger charge is -2.33. The number of carbonyl (C=O) groups excluding carboxylic acids is 1. The Morgan fingerprint density at radius 3 is 2.68 bits per heavy atom. The molecule has 0 bridgehead atoms. The largest absolute Gasteiger partial charge is 0.356 e. The summed E-state index contributed by atoms with van der Waals surface area (Å²) in [5.41, 5.74) is 0.270. The molecule has 0 aliphatic carbocycles. The highest BCUT2D eigenvalue weighted by Crippen LogP contribution is 2.17. The number of hydrogen-bond acceptors (Lipinski definition) is 4. The van der Waals surface area contributed by atoms with Gasteiger partial charge in [-0.15, -0.1) is 0 Å². The highest BCUT2D eigenvalue weighted by molar-refractivity contribution is 5.94. The number of nitrogens with zero attached hydrogens (tertiary/aromatic N) is 2. The van der Waals surface area contributed by atoms with Gasteiger partial charge in [0.05, 0.1) is 5.56 Å². The molecule has 3 heterocycles. The molecule has 0 spiro atoms. The minimum atomic E-state index is -0.208. The van der Waals surface area contributed by atoms with E-state index in [9.17, 15) is 9.59 Å². The van der Waals surface area contributed by atoms with Gasteiger partial charge in [0, 0.05) is 37.6 Å². The van der Waals surface area contributed by atoms with Crippen LogP contribution in [0, 0.1) is 0 Å². The molecule has 2 N–H and O–H groups in total. The first-order chi connectivity index (χ1) is 10.7. The molecule has 0 unspecified atom stereocenters. The van der Waals surface area contributed by atoms with Crippen molar-refractivity contribution < 1.29 is 4.79 Å². The molecule has 0 saturated carbocycles. The third-order valence-electron chi connectivity index (χ3n) is 3.85. The number of carbonyl (C=O) groups is 1. The molecular formula is C16H18N4O2. The first-order valence-corrected chi connectivity index (χ1v) is 7.38. The number of anilines is 1. The van der Waals surface area contributed by atoms with Crippen LogP contribution in [0.4, 0.5) is 5.82 Å². The van der Waals surface area contributed by atoms with Crippen molar-refractivity contribution in [2.75, 3.05) is 18.0 Å². The molecule has 6 heteroatoms. The quantitative estimate of drug-likeness (QED) is 0.891. The Labute approximate surface area is 128 Å². The zero-order valence-corrected chi connectivity index (χ0v) is 12.2. The van der Waals surface area contributed by atoms with Gasteiger partial charge in [-0.25, -0.2) is 4.98 Å². The Morgan fingerprint density at radius 1 is 1.23 bits per heavy atom. The predicted octanol–water partition coefficient (Wildman–Crippen LogP) is 1.17. The third kappa shape index (κ3) is 3.33. The van der Waals surface area contributed by atoms with Gasteiger partial charge in [0.1, 0.15) is 5.82 Å². The molecular weight excluding hydrogens is 280 g/mol. The van der Waals surface area contributed by atoms with Crippen LogP contribution in [0.3, 0.4) is 0 Å². The van der Waals surface area contributed by atoms with Crippen molar-refractivity contribution >= 4 is 11.7 Å². The predicted molar refractivity (Wildman–Crippen MR) is 84.0 cm³/mol. The van der Waals surface area contributed by atoms with Crippen molar-refractivity contribution in [3.63, 3.8) is 0 Å². The molecule has 0 radical (unpaired) electrons. The van der Waals surface area contributed by atoms with Crippen molar-refractivity contribution in [2.45, 2.75) is 18.9 Å². The van der Waals surface area contributed by atoms with Crippen molar-refractivity contribution in [3.05, 3.63) is 58.6 Å². The molecule has 6 nitrogen and oxygen atoms in total. The van der Waals surface area contributed by atoms with Gasteiger partial charge in [-0.2, -0.15) is 0 Å². The van der Waals surface area contributed by atoms with E-state index in [1.54, 1.807) is 6.20 Å². The third-order valence-corrected chi connectivity index (χ3v) is 3.85. The van der Waals surface area contributed by atoms with Crippen LogP contribution in [0.15, 0.2) is 47.5 Å². The number of aromatic amines is 1. The Hall–Kier alpha value is -2.63. The number of piperidine rings is 1. The SMILES string of the molecule is O=C(NC1CCN(c2ccccn2)CC1)c1ccc(=O)[nH]c1. The fourth-order valence-corrected chi connectivity index (χ4v) is 2.61. The lowest BCUT2D eigenvalue weighted by atomic mass is 10.0. The van der Waals surface area contributed by atoms with Gasteiger partial charge in [-0.3, -0.25) is 9.59 Å². The molecule has 2 aromatic heterocycles. The van der Waals surface area contributed by atoms with E-state index >= 15 is 0 Å². The molecule has 1 amide bonds. The van der Waals surface area contributed by atoms with E-state index in [0.29, 0.717) is 5.56 Å². The van der Waals surface area contributed by atoms with Crippen molar-refractivity contribution in [2.24, 2.45) is 0 Å². The fourth-order valence-electron chi connectivity index (χ4n) is 2.61. The second-order valence-corrected chi connectivity index (χ2v) is 5.36. The van der Waals surface area contributed by atoms with Crippen molar-refractivity contribution in [1.29, 1.82) is 0 Å². The molecule has 1 aliphatic heterocycles. The van der Waals surface area contributed by atoms with Crippen LogP contribution < -0.4 is 15.8 Å². The zero-order chi connectivity index (χ0) is 15.4. The van der Waals surface area contributed by atoms with Gasteiger partial charge in [0.2, 0.25) is 5.56 Å². The van der Waals surface area contributed by atoms with Crippen LogP contribution in [0.2, 0.25) is 0 Å². The number of nitrogens with one attached hydrogen (secondary N) is 2. The fraction of sp³-hybridized carbons (Fsp3) is 0.312. The Morgan fingerprint density at radius 2 is 2.05 bits per heavy atom. The number of pyridine rings is 2. The van der Waals surface area contributed by atoms with E-state index in [1.807, 2.05) is 18.2 Å². The van der Waals surface area contributed by atoms with E-state index in [-0.39, 0.29) is 17.5 Å². The summed E-state index contributed by atoms with van der Waals surface area (Å²) in [5.74, 6) is 0.834. The second kappa shape index (κ2) is 6.43. The van der Waals surface area contributed by atoms with Crippen molar-refractivity contribution in [3.8, 4) is 0 Å². The summed E-state index contributed by atoms with van der Waals surface area (Å²) < 4.78 is 0. The van der Waals surface area contributed by atoms with Gasteiger partial charge in [-0.1, -0.05) is 6.07 Å². The Balaban J connectivity index is 1.54. The van der Waals surface area contributed by atoms with Crippen LogP contribution in [-0.2, 0) is 0 Å². The summed E-state index contributed by atoms with van der Waals surface area (Å²) in [6.45, 7) is 1.74. The number of hydrogen-bond donors (Lipinski definition) is 2. The molecule has 22 heavy (non-hydrogen) atoms. The molecule has 0 atom stereocenters. The average Bonchev–Trinajstić information content (AvgIpc) is 2.57. The second-order valence-electron chi connectivity index (χ2n) is 5.36. The molecule has 1 fully saturated rings. The maximum absolute atomic E-state index is 12.1. The Kier molecular flexibility index (Phi) is 4.18. The monoisotopic (exact) mass is 298 g/mol. The molecule has 2 aromatic rings. The van der Waals surface area contributed by atoms with Crippen LogP contribution >= 0.6 is 0 Å². The summed E-state index contributed by atoms with van der Waals surface area (Å²) in [7, 11) is 0. The number of H-pyrrole nitrogens is 1. The minimum absolute atomic E-state index is 0.146. The van der Waals surface area contributed by atoms with Gasteiger partial charge >= 0.3 is 0 Å². The molecule has 1 aliphatic rings. The van der Waals surface area contributed by atoms with Crippen LogP contribution in [0.25, 0.3) is 0 Å². The van der Waals surface area contributed by atoms with E-state index in [4.69, 9.17) is 0 Å². The number of rotatable bonds is 3. The lowest BCUT2D eigenvalue weighted by molar-refractivity contribution is 0.0930. The van der Waals surface area contributed by atoms with Gasteiger partial charge in [-0.05, 0) is 31.0 Å². The van der Waals surface area contributed by atoms with Crippen LogP contribution in [0.5, 0.6) is 0 Å². The van der Waals surface area contributed by atoms with E-state index in [2.05, 4.69) is 20.2 Å². The minimum Gasteiger partial charge on any atom is -0.356 e. The average molecular weight is 298 g/mol. The summed E-state index contributed by atoms with van der Waals surface area (Å²) in [5, 5.41) is 3.02. The summed E-state index contributed by atoms with van der Waals surface area (Å²) in [6.07, 6.45) is 5.00. The maximum Gasteiger partial charge on any atom is 0.252 e. The maximum atomic E-state index is 12.1. The Bertz CT molecular complexity index is 670. The summed E-state index contributed by atoms with van der Waals surface area (Å²) in [4.78, 5) is 32.2. The zero-order valence-electron chi connectivity index (χ0n) is 12.2. The van der Waals surface area contributed by atoms with E-state index in [1.165, 1.54) is 18.3 Å². The number of amides is 1. The van der Waals surface area contributed by atoms with E-state index in [0.717, 1.165) is 31.7 Å².